The summed E-state index contributed by atoms with van der Waals surface area (Å²) in [5.74, 6) is 0. The molecule has 0 atom stereocenters. The van der Waals surface area contributed by atoms with Gasteiger partial charge in [-0.05, 0) is 42.9 Å². The SMILES string of the molecule is Cc1nn(CCCOCC(F)(F)F)c(C)c1I. The van der Waals surface area contributed by atoms with E-state index in [0.29, 0.717) is 13.0 Å². The second-order valence-electron chi connectivity index (χ2n) is 3.73. The van der Waals surface area contributed by atoms with E-state index in [4.69, 9.17) is 0 Å². The van der Waals surface area contributed by atoms with Crippen molar-refractivity contribution in [2.24, 2.45) is 0 Å². The summed E-state index contributed by atoms with van der Waals surface area (Å²) >= 11 is 2.21. The van der Waals surface area contributed by atoms with Crippen LogP contribution in [0.2, 0.25) is 0 Å². The van der Waals surface area contributed by atoms with Crippen LogP contribution in [0.5, 0.6) is 0 Å². The number of aromatic nitrogens is 2. The summed E-state index contributed by atoms with van der Waals surface area (Å²) in [4.78, 5) is 0. The van der Waals surface area contributed by atoms with Gasteiger partial charge in [-0.2, -0.15) is 18.3 Å². The highest BCUT2D eigenvalue weighted by Crippen LogP contribution is 2.16. The summed E-state index contributed by atoms with van der Waals surface area (Å²) in [6, 6.07) is 0. The molecular weight excluding hydrogens is 348 g/mol. The largest absolute Gasteiger partial charge is 0.411 e. The molecular formula is C10H14F3IN2O. The van der Waals surface area contributed by atoms with Crippen molar-refractivity contribution in [1.29, 1.82) is 0 Å². The van der Waals surface area contributed by atoms with Gasteiger partial charge >= 0.3 is 6.18 Å². The van der Waals surface area contributed by atoms with E-state index in [0.717, 1.165) is 15.0 Å². The Morgan fingerprint density at radius 2 is 2.00 bits per heavy atom. The Morgan fingerprint density at radius 1 is 1.35 bits per heavy atom. The smallest absolute Gasteiger partial charge is 0.372 e. The Labute approximate surface area is 111 Å². The number of halogens is 4. The number of alkyl halides is 3. The maximum atomic E-state index is 11.8. The number of rotatable bonds is 5. The standard InChI is InChI=1S/C10H14F3IN2O/c1-7-9(14)8(2)16(15-7)4-3-5-17-6-10(11,12)13/h3-6H2,1-2H3. The molecule has 0 saturated carbocycles. The second-order valence-corrected chi connectivity index (χ2v) is 4.81. The van der Waals surface area contributed by atoms with E-state index < -0.39 is 12.8 Å². The molecule has 0 aromatic carbocycles. The van der Waals surface area contributed by atoms with Gasteiger partial charge in [-0.3, -0.25) is 4.68 Å². The van der Waals surface area contributed by atoms with Gasteiger partial charge in [-0.25, -0.2) is 0 Å². The lowest BCUT2D eigenvalue weighted by Gasteiger charge is -2.08. The molecule has 0 amide bonds. The molecule has 1 rings (SSSR count). The zero-order valence-electron chi connectivity index (χ0n) is 9.64. The van der Waals surface area contributed by atoms with Crippen LogP contribution in [0.3, 0.4) is 0 Å². The molecule has 0 radical (unpaired) electrons. The first-order valence-corrected chi connectivity index (χ1v) is 6.23. The Balaban J connectivity index is 2.29. The Morgan fingerprint density at radius 3 is 2.47 bits per heavy atom. The molecule has 0 aliphatic heterocycles. The molecule has 0 fully saturated rings. The van der Waals surface area contributed by atoms with Crippen LogP contribution in [-0.2, 0) is 11.3 Å². The van der Waals surface area contributed by atoms with Crippen molar-refractivity contribution in [3.8, 4) is 0 Å². The minimum atomic E-state index is -4.24. The molecule has 1 aromatic heterocycles. The average Bonchev–Trinajstić information content (AvgIpc) is 2.44. The third kappa shape index (κ3) is 4.82. The van der Waals surface area contributed by atoms with Crippen molar-refractivity contribution in [2.45, 2.75) is 33.0 Å². The number of nitrogens with zero attached hydrogens (tertiary/aromatic N) is 2. The third-order valence-electron chi connectivity index (χ3n) is 2.22. The summed E-state index contributed by atoms with van der Waals surface area (Å²) in [5, 5.41) is 4.29. The minimum absolute atomic E-state index is 0.0917. The molecule has 98 valence electrons. The molecule has 0 aliphatic carbocycles. The summed E-state index contributed by atoms with van der Waals surface area (Å²) < 4.78 is 42.8. The van der Waals surface area contributed by atoms with Gasteiger partial charge in [0.05, 0.1) is 9.26 Å². The zero-order valence-corrected chi connectivity index (χ0v) is 11.8. The van der Waals surface area contributed by atoms with Crippen molar-refractivity contribution in [3.05, 3.63) is 15.0 Å². The molecule has 17 heavy (non-hydrogen) atoms. The molecule has 0 saturated heterocycles. The quantitative estimate of drug-likeness (QED) is 0.595. The average molecular weight is 362 g/mol. The van der Waals surface area contributed by atoms with Crippen molar-refractivity contribution in [2.75, 3.05) is 13.2 Å². The van der Waals surface area contributed by atoms with E-state index in [-0.39, 0.29) is 6.61 Å². The number of hydrogen-bond acceptors (Lipinski definition) is 2. The van der Waals surface area contributed by atoms with Crippen LogP contribution in [0, 0.1) is 17.4 Å². The van der Waals surface area contributed by atoms with E-state index in [1.54, 1.807) is 4.68 Å². The summed E-state index contributed by atoms with van der Waals surface area (Å²) in [6.45, 7) is 3.34. The lowest BCUT2D eigenvalue weighted by molar-refractivity contribution is -0.174. The topological polar surface area (TPSA) is 27.1 Å². The Bertz CT molecular complexity index is 376. The van der Waals surface area contributed by atoms with Gasteiger partial charge < -0.3 is 4.74 Å². The second kappa shape index (κ2) is 6.03. The van der Waals surface area contributed by atoms with Crippen molar-refractivity contribution in [1.82, 2.24) is 9.78 Å². The molecule has 1 aromatic rings. The molecule has 0 unspecified atom stereocenters. The number of aryl methyl sites for hydroxylation is 2. The maximum absolute atomic E-state index is 11.8. The minimum Gasteiger partial charge on any atom is -0.372 e. The normalized spacial score (nSPS) is 12.1. The zero-order chi connectivity index (χ0) is 13.1. The monoisotopic (exact) mass is 362 g/mol. The highest BCUT2D eigenvalue weighted by molar-refractivity contribution is 14.1. The summed E-state index contributed by atoms with van der Waals surface area (Å²) in [6.07, 6.45) is -3.72. The molecule has 7 heteroatoms. The van der Waals surface area contributed by atoms with Crippen molar-refractivity contribution >= 4 is 22.6 Å². The van der Waals surface area contributed by atoms with Crippen molar-refractivity contribution < 1.29 is 17.9 Å². The predicted octanol–water partition coefficient (Wildman–Crippen LogP) is 3.07. The number of hydrogen-bond donors (Lipinski definition) is 0. The van der Waals surface area contributed by atoms with E-state index in [1.165, 1.54) is 0 Å². The van der Waals surface area contributed by atoms with Crippen LogP contribution in [0.15, 0.2) is 0 Å². The maximum Gasteiger partial charge on any atom is 0.411 e. The molecule has 0 spiro atoms. The third-order valence-corrected chi connectivity index (χ3v) is 3.78. The first-order chi connectivity index (χ1) is 7.81. The van der Waals surface area contributed by atoms with Gasteiger partial charge in [0.15, 0.2) is 0 Å². The fourth-order valence-corrected chi connectivity index (χ4v) is 1.78. The van der Waals surface area contributed by atoms with Gasteiger partial charge in [-0.15, -0.1) is 0 Å². The number of ether oxygens (including phenoxy) is 1. The fourth-order valence-electron chi connectivity index (χ4n) is 1.40. The molecule has 0 N–H and O–H groups in total. The first-order valence-electron chi connectivity index (χ1n) is 5.15. The fraction of sp³-hybridized carbons (Fsp3) is 0.700. The van der Waals surface area contributed by atoms with Gasteiger partial charge in [0.25, 0.3) is 0 Å². The van der Waals surface area contributed by atoms with Gasteiger partial charge in [0.2, 0.25) is 0 Å². The van der Waals surface area contributed by atoms with Gasteiger partial charge in [-0.1, -0.05) is 0 Å². The van der Waals surface area contributed by atoms with Crippen LogP contribution >= 0.6 is 22.6 Å². The molecule has 0 bridgehead atoms. The summed E-state index contributed by atoms with van der Waals surface area (Å²) in [5.41, 5.74) is 1.98. The summed E-state index contributed by atoms with van der Waals surface area (Å²) in [7, 11) is 0. The van der Waals surface area contributed by atoms with Crippen LogP contribution in [0.25, 0.3) is 0 Å². The van der Waals surface area contributed by atoms with Gasteiger partial charge in [0.1, 0.15) is 6.61 Å². The lowest BCUT2D eigenvalue weighted by atomic mass is 10.4. The lowest BCUT2D eigenvalue weighted by Crippen LogP contribution is -2.18. The van der Waals surface area contributed by atoms with Crippen LogP contribution < -0.4 is 0 Å². The van der Waals surface area contributed by atoms with E-state index in [2.05, 4.69) is 32.4 Å². The van der Waals surface area contributed by atoms with E-state index >= 15 is 0 Å². The van der Waals surface area contributed by atoms with Crippen molar-refractivity contribution in [3.63, 3.8) is 0 Å². The van der Waals surface area contributed by atoms with E-state index in [1.807, 2.05) is 13.8 Å². The van der Waals surface area contributed by atoms with Crippen LogP contribution in [-0.4, -0.2) is 29.2 Å². The Hall–Kier alpha value is -0.310. The highest BCUT2D eigenvalue weighted by Gasteiger charge is 2.27. The first kappa shape index (κ1) is 14.7. The Kier molecular flexibility index (Phi) is 5.23. The predicted molar refractivity (Wildman–Crippen MR) is 65.9 cm³/mol. The van der Waals surface area contributed by atoms with Gasteiger partial charge in [0, 0.05) is 18.8 Å². The van der Waals surface area contributed by atoms with E-state index in [9.17, 15) is 13.2 Å². The molecule has 3 nitrogen and oxygen atoms in total. The molecule has 0 aliphatic rings. The molecule has 1 heterocycles. The van der Waals surface area contributed by atoms with Crippen LogP contribution in [0.4, 0.5) is 13.2 Å². The van der Waals surface area contributed by atoms with Crippen LogP contribution in [0.1, 0.15) is 17.8 Å². The highest BCUT2D eigenvalue weighted by atomic mass is 127.